The van der Waals surface area contributed by atoms with Crippen LogP contribution in [0.3, 0.4) is 0 Å². The molecule has 17 heavy (non-hydrogen) atoms. The maximum atomic E-state index is 11.2. The van der Waals surface area contributed by atoms with Gasteiger partial charge >= 0.3 is 6.09 Å². The molecule has 0 saturated heterocycles. The van der Waals surface area contributed by atoms with Crippen molar-refractivity contribution in [3.63, 3.8) is 0 Å². The number of nitrogens with zero attached hydrogens (tertiary/aromatic N) is 1. The molecule has 0 aliphatic heterocycles. The number of carbonyl (C=O) groups is 2. The summed E-state index contributed by atoms with van der Waals surface area (Å²) in [7, 11) is 3.31. The second-order valence-electron chi connectivity index (χ2n) is 4.77. The molecule has 0 fully saturated rings. The smallest absolute Gasteiger partial charge is 0.407 e. The Bertz CT molecular complexity index is 259. The Kier molecular flexibility index (Phi) is 6.57. The summed E-state index contributed by atoms with van der Waals surface area (Å²) in [4.78, 5) is 23.8. The van der Waals surface area contributed by atoms with Gasteiger partial charge in [0.25, 0.3) is 0 Å². The lowest BCUT2D eigenvalue weighted by atomic mass is 10.2. The molecule has 0 aliphatic carbocycles. The first-order valence-corrected chi connectivity index (χ1v) is 5.47. The van der Waals surface area contributed by atoms with E-state index in [-0.39, 0.29) is 19.1 Å². The second kappa shape index (κ2) is 7.11. The van der Waals surface area contributed by atoms with Gasteiger partial charge in [0.05, 0.1) is 6.61 Å². The van der Waals surface area contributed by atoms with Gasteiger partial charge < -0.3 is 19.7 Å². The third kappa shape index (κ3) is 9.62. The van der Waals surface area contributed by atoms with Crippen LogP contribution in [0.1, 0.15) is 20.8 Å². The third-order valence-corrected chi connectivity index (χ3v) is 1.64. The van der Waals surface area contributed by atoms with Gasteiger partial charge in [-0.25, -0.2) is 4.79 Å². The van der Waals surface area contributed by atoms with E-state index in [1.165, 1.54) is 4.90 Å². The number of nitrogens with one attached hydrogen (secondary N) is 1. The van der Waals surface area contributed by atoms with E-state index < -0.39 is 11.7 Å². The molecule has 100 valence electrons. The Hall–Kier alpha value is -1.30. The number of hydrogen-bond donors (Lipinski definition) is 1. The molecule has 0 spiro atoms. The number of likely N-dealkylation sites (N-methyl/N-ethyl adjacent to an activating group) is 1. The van der Waals surface area contributed by atoms with Gasteiger partial charge in [0.2, 0.25) is 5.91 Å². The Morgan fingerprint density at radius 2 is 1.82 bits per heavy atom. The molecule has 0 rings (SSSR count). The van der Waals surface area contributed by atoms with Crippen LogP contribution in [0, 0.1) is 0 Å². The summed E-state index contributed by atoms with van der Waals surface area (Å²) in [6, 6.07) is 0. The zero-order valence-corrected chi connectivity index (χ0v) is 11.2. The van der Waals surface area contributed by atoms with Gasteiger partial charge in [0.15, 0.2) is 0 Å². The standard InChI is InChI=1S/C11H22N2O4/c1-11(2,3)17-10(15)12-6-7-16-8-9(14)13(4)5/h6-8H2,1-5H3,(H,12,15). The zero-order chi connectivity index (χ0) is 13.5. The monoisotopic (exact) mass is 246 g/mol. The van der Waals surface area contributed by atoms with E-state index in [2.05, 4.69) is 5.32 Å². The average molecular weight is 246 g/mol. The molecule has 0 saturated carbocycles. The highest BCUT2D eigenvalue weighted by Gasteiger charge is 2.15. The van der Waals surface area contributed by atoms with Crippen molar-refractivity contribution in [2.24, 2.45) is 0 Å². The number of hydrogen-bond acceptors (Lipinski definition) is 4. The van der Waals surface area contributed by atoms with E-state index >= 15 is 0 Å². The number of rotatable bonds is 5. The van der Waals surface area contributed by atoms with Crippen LogP contribution in [-0.4, -0.2) is 56.4 Å². The topological polar surface area (TPSA) is 67.9 Å². The lowest BCUT2D eigenvalue weighted by molar-refractivity contribution is -0.133. The van der Waals surface area contributed by atoms with Crippen LogP contribution in [-0.2, 0) is 14.3 Å². The van der Waals surface area contributed by atoms with E-state index in [0.29, 0.717) is 6.54 Å². The summed E-state index contributed by atoms with van der Waals surface area (Å²) < 4.78 is 10.1. The zero-order valence-electron chi connectivity index (χ0n) is 11.2. The van der Waals surface area contributed by atoms with E-state index in [4.69, 9.17) is 9.47 Å². The normalized spacial score (nSPS) is 10.9. The van der Waals surface area contributed by atoms with Crippen molar-refractivity contribution in [1.29, 1.82) is 0 Å². The highest BCUT2D eigenvalue weighted by Crippen LogP contribution is 2.05. The third-order valence-electron chi connectivity index (χ3n) is 1.64. The summed E-state index contributed by atoms with van der Waals surface area (Å²) in [5.41, 5.74) is -0.508. The van der Waals surface area contributed by atoms with Crippen LogP contribution in [0.5, 0.6) is 0 Å². The van der Waals surface area contributed by atoms with E-state index in [1.807, 2.05) is 0 Å². The van der Waals surface area contributed by atoms with Gasteiger partial charge in [-0.05, 0) is 20.8 Å². The van der Waals surface area contributed by atoms with Crippen LogP contribution in [0.4, 0.5) is 4.79 Å². The van der Waals surface area contributed by atoms with Crippen molar-refractivity contribution in [1.82, 2.24) is 10.2 Å². The molecule has 0 aromatic carbocycles. The fraction of sp³-hybridized carbons (Fsp3) is 0.818. The van der Waals surface area contributed by atoms with Crippen LogP contribution in [0.25, 0.3) is 0 Å². The minimum atomic E-state index is -0.508. The maximum Gasteiger partial charge on any atom is 0.407 e. The van der Waals surface area contributed by atoms with Crippen LogP contribution in [0.15, 0.2) is 0 Å². The first-order chi connectivity index (χ1) is 7.72. The van der Waals surface area contributed by atoms with Crippen molar-refractivity contribution >= 4 is 12.0 Å². The Balaban J connectivity index is 3.53. The number of ether oxygens (including phenoxy) is 2. The summed E-state index contributed by atoms with van der Waals surface area (Å²) in [5, 5.41) is 2.53. The SMILES string of the molecule is CN(C)C(=O)COCCNC(=O)OC(C)(C)C. The molecular formula is C11H22N2O4. The van der Waals surface area contributed by atoms with Crippen LogP contribution in [0.2, 0.25) is 0 Å². The minimum absolute atomic E-state index is 0.0169. The summed E-state index contributed by atoms with van der Waals surface area (Å²) in [6.07, 6.45) is -0.486. The molecule has 2 amide bonds. The molecule has 0 atom stereocenters. The molecule has 6 heteroatoms. The molecule has 0 heterocycles. The lowest BCUT2D eigenvalue weighted by Crippen LogP contribution is -2.35. The molecule has 6 nitrogen and oxygen atoms in total. The molecule has 0 radical (unpaired) electrons. The van der Waals surface area contributed by atoms with Crippen LogP contribution >= 0.6 is 0 Å². The summed E-state index contributed by atoms with van der Waals surface area (Å²) >= 11 is 0. The second-order valence-corrected chi connectivity index (χ2v) is 4.77. The number of amides is 2. The van der Waals surface area contributed by atoms with Crippen molar-refractivity contribution in [3.8, 4) is 0 Å². The van der Waals surface area contributed by atoms with Gasteiger partial charge in [-0.3, -0.25) is 4.79 Å². The molecule has 0 aliphatic rings. The highest BCUT2D eigenvalue weighted by molar-refractivity contribution is 5.76. The number of alkyl carbamates (subject to hydrolysis) is 1. The van der Waals surface area contributed by atoms with Gasteiger partial charge in [-0.1, -0.05) is 0 Å². The Morgan fingerprint density at radius 1 is 1.24 bits per heavy atom. The van der Waals surface area contributed by atoms with Crippen LogP contribution < -0.4 is 5.32 Å². The van der Waals surface area contributed by atoms with E-state index in [1.54, 1.807) is 34.9 Å². The number of carbonyl (C=O) groups excluding carboxylic acids is 2. The summed E-state index contributed by atoms with van der Waals surface area (Å²) in [6.45, 7) is 5.98. The fourth-order valence-electron chi connectivity index (χ4n) is 0.828. The van der Waals surface area contributed by atoms with Crippen molar-refractivity contribution in [2.45, 2.75) is 26.4 Å². The largest absolute Gasteiger partial charge is 0.444 e. The Labute approximate surface area is 102 Å². The first-order valence-electron chi connectivity index (χ1n) is 5.47. The molecule has 0 aromatic heterocycles. The molecular weight excluding hydrogens is 224 g/mol. The highest BCUT2D eigenvalue weighted by atomic mass is 16.6. The van der Waals surface area contributed by atoms with Gasteiger partial charge in [-0.15, -0.1) is 0 Å². The maximum absolute atomic E-state index is 11.2. The quantitative estimate of drug-likeness (QED) is 0.722. The van der Waals surface area contributed by atoms with E-state index in [9.17, 15) is 9.59 Å². The minimum Gasteiger partial charge on any atom is -0.444 e. The van der Waals surface area contributed by atoms with Crippen molar-refractivity contribution in [2.75, 3.05) is 33.9 Å². The predicted octanol–water partition coefficient (Wildman–Crippen LogP) is 0.616. The van der Waals surface area contributed by atoms with Gasteiger partial charge in [-0.2, -0.15) is 0 Å². The predicted molar refractivity (Wildman–Crippen MR) is 63.7 cm³/mol. The fourth-order valence-corrected chi connectivity index (χ4v) is 0.828. The molecule has 0 unspecified atom stereocenters. The average Bonchev–Trinajstić information content (AvgIpc) is 2.13. The van der Waals surface area contributed by atoms with Crippen molar-refractivity contribution in [3.05, 3.63) is 0 Å². The van der Waals surface area contributed by atoms with Gasteiger partial charge in [0.1, 0.15) is 12.2 Å². The van der Waals surface area contributed by atoms with Gasteiger partial charge in [0, 0.05) is 20.6 Å². The lowest BCUT2D eigenvalue weighted by Gasteiger charge is -2.19. The van der Waals surface area contributed by atoms with Crippen molar-refractivity contribution < 1.29 is 19.1 Å². The molecule has 1 N–H and O–H groups in total. The first kappa shape index (κ1) is 15.7. The van der Waals surface area contributed by atoms with E-state index in [0.717, 1.165) is 0 Å². The molecule has 0 aromatic rings. The Morgan fingerprint density at radius 3 is 2.29 bits per heavy atom. The molecule has 0 bridgehead atoms. The summed E-state index contributed by atoms with van der Waals surface area (Å²) in [5.74, 6) is -0.109.